The zero-order chi connectivity index (χ0) is 14.8. The second kappa shape index (κ2) is 5.95. The number of ether oxygens (including phenoxy) is 3. The molecule has 108 valence electrons. The fourth-order valence-corrected chi connectivity index (χ4v) is 2.12. The highest BCUT2D eigenvalue weighted by Crippen LogP contribution is 2.27. The minimum Gasteiger partial charge on any atom is -0.432 e. The van der Waals surface area contributed by atoms with E-state index in [1.54, 1.807) is 13.8 Å². The zero-order valence-electron chi connectivity index (χ0n) is 11.2. The molecule has 5 nitrogen and oxygen atoms in total. The summed E-state index contributed by atoms with van der Waals surface area (Å²) in [5.41, 5.74) is 0.887. The van der Waals surface area contributed by atoms with Crippen LogP contribution in [0.1, 0.15) is 19.4 Å². The standard InChI is InChI=1S/C14H16O5S/c1-14(2)18-10(12(15)19-14)11(13(16)20)17-8-9-6-4-3-5-7-9/h3-7,10-11H,8H2,1-2H3,(H,16,20). The molecule has 1 aliphatic rings. The van der Waals surface area contributed by atoms with Gasteiger partial charge in [-0.3, -0.25) is 4.79 Å². The van der Waals surface area contributed by atoms with Crippen molar-refractivity contribution < 1.29 is 23.8 Å². The van der Waals surface area contributed by atoms with Crippen molar-refractivity contribution in [2.45, 2.75) is 38.4 Å². The van der Waals surface area contributed by atoms with Gasteiger partial charge in [-0.1, -0.05) is 30.3 Å². The second-order valence-electron chi connectivity index (χ2n) is 4.91. The van der Waals surface area contributed by atoms with Crippen molar-refractivity contribution in [2.24, 2.45) is 0 Å². The zero-order valence-corrected chi connectivity index (χ0v) is 12.1. The molecular formula is C14H16O5S. The van der Waals surface area contributed by atoms with E-state index >= 15 is 0 Å². The normalized spacial score (nSPS) is 22.4. The van der Waals surface area contributed by atoms with Crippen LogP contribution in [0.15, 0.2) is 30.3 Å². The third kappa shape index (κ3) is 3.59. The van der Waals surface area contributed by atoms with Gasteiger partial charge in [-0.25, -0.2) is 4.79 Å². The van der Waals surface area contributed by atoms with Crippen LogP contribution < -0.4 is 0 Å². The number of cyclic esters (lactones) is 1. The van der Waals surface area contributed by atoms with Gasteiger partial charge < -0.3 is 14.2 Å². The van der Waals surface area contributed by atoms with Crippen LogP contribution in [0.25, 0.3) is 0 Å². The highest BCUT2D eigenvalue weighted by molar-refractivity contribution is 7.96. The smallest absolute Gasteiger partial charge is 0.341 e. The van der Waals surface area contributed by atoms with E-state index in [1.807, 2.05) is 30.3 Å². The van der Waals surface area contributed by atoms with Crippen LogP contribution in [0.5, 0.6) is 0 Å². The van der Waals surface area contributed by atoms with Gasteiger partial charge in [-0.05, 0) is 5.56 Å². The van der Waals surface area contributed by atoms with Gasteiger partial charge in [0, 0.05) is 13.8 Å². The van der Waals surface area contributed by atoms with Crippen molar-refractivity contribution in [3.05, 3.63) is 35.9 Å². The monoisotopic (exact) mass is 296 g/mol. The molecule has 1 saturated heterocycles. The quantitative estimate of drug-likeness (QED) is 0.662. The van der Waals surface area contributed by atoms with Crippen LogP contribution >= 0.6 is 12.6 Å². The lowest BCUT2D eigenvalue weighted by molar-refractivity contribution is -0.165. The largest absolute Gasteiger partial charge is 0.432 e. The van der Waals surface area contributed by atoms with E-state index in [0.717, 1.165) is 5.56 Å². The number of esters is 1. The summed E-state index contributed by atoms with van der Waals surface area (Å²) in [6, 6.07) is 9.32. The Balaban J connectivity index is 2.05. The molecule has 0 N–H and O–H groups in total. The van der Waals surface area contributed by atoms with Gasteiger partial charge in [-0.15, -0.1) is 12.6 Å². The molecule has 1 aromatic carbocycles. The molecule has 20 heavy (non-hydrogen) atoms. The summed E-state index contributed by atoms with van der Waals surface area (Å²) in [6.07, 6.45) is -2.17. The minimum absolute atomic E-state index is 0.186. The van der Waals surface area contributed by atoms with Crippen molar-refractivity contribution in [1.82, 2.24) is 0 Å². The third-order valence-corrected chi connectivity index (χ3v) is 3.03. The summed E-state index contributed by atoms with van der Waals surface area (Å²) in [6.45, 7) is 3.38. The Hall–Kier alpha value is -1.37. The number of benzene rings is 1. The van der Waals surface area contributed by atoms with Crippen LogP contribution in [0.3, 0.4) is 0 Å². The first-order valence-electron chi connectivity index (χ1n) is 6.18. The van der Waals surface area contributed by atoms with E-state index in [9.17, 15) is 9.59 Å². The van der Waals surface area contributed by atoms with E-state index < -0.39 is 29.1 Å². The van der Waals surface area contributed by atoms with E-state index in [-0.39, 0.29) is 6.61 Å². The van der Waals surface area contributed by atoms with Crippen LogP contribution in [-0.2, 0) is 30.4 Å². The first kappa shape index (κ1) is 15.0. The molecule has 1 heterocycles. The van der Waals surface area contributed by atoms with Crippen molar-refractivity contribution >= 4 is 23.7 Å². The predicted molar refractivity (Wildman–Crippen MR) is 74.1 cm³/mol. The summed E-state index contributed by atoms with van der Waals surface area (Å²) in [7, 11) is 0. The Kier molecular flexibility index (Phi) is 4.47. The number of rotatable bonds is 5. The highest BCUT2D eigenvalue weighted by atomic mass is 32.1. The molecule has 2 rings (SSSR count). The van der Waals surface area contributed by atoms with Crippen molar-refractivity contribution in [3.8, 4) is 0 Å². The summed E-state index contributed by atoms with van der Waals surface area (Å²) < 4.78 is 15.9. The Bertz CT molecular complexity index is 500. The van der Waals surface area contributed by atoms with E-state index in [1.165, 1.54) is 0 Å². The van der Waals surface area contributed by atoms with Gasteiger partial charge >= 0.3 is 5.97 Å². The fourth-order valence-electron chi connectivity index (χ4n) is 1.91. The van der Waals surface area contributed by atoms with Crippen LogP contribution in [-0.4, -0.2) is 29.1 Å². The number of hydrogen-bond donors (Lipinski definition) is 1. The molecule has 2 unspecified atom stereocenters. The van der Waals surface area contributed by atoms with Gasteiger partial charge in [0.1, 0.15) is 0 Å². The molecule has 0 bridgehead atoms. The molecule has 1 fully saturated rings. The molecule has 0 aliphatic carbocycles. The van der Waals surface area contributed by atoms with Crippen LogP contribution in [0, 0.1) is 0 Å². The number of thiol groups is 1. The molecule has 0 saturated carbocycles. The van der Waals surface area contributed by atoms with E-state index in [0.29, 0.717) is 0 Å². The molecule has 1 aromatic rings. The summed E-state index contributed by atoms with van der Waals surface area (Å²) >= 11 is 3.76. The van der Waals surface area contributed by atoms with Gasteiger partial charge in [-0.2, -0.15) is 0 Å². The minimum atomic E-state index is -1.09. The fraction of sp³-hybridized carbons (Fsp3) is 0.429. The van der Waals surface area contributed by atoms with Crippen molar-refractivity contribution in [2.75, 3.05) is 0 Å². The number of carbonyl (C=O) groups excluding carboxylic acids is 2. The SMILES string of the molecule is CC1(C)OC(=O)C(C(OCc2ccccc2)C(=O)S)O1. The van der Waals surface area contributed by atoms with Crippen LogP contribution in [0.2, 0.25) is 0 Å². The lowest BCUT2D eigenvalue weighted by atomic mass is 10.2. The van der Waals surface area contributed by atoms with Gasteiger partial charge in [0.05, 0.1) is 6.61 Å². The predicted octanol–water partition coefficient (Wildman–Crippen LogP) is 1.71. The van der Waals surface area contributed by atoms with Crippen LogP contribution in [0.4, 0.5) is 0 Å². The average molecular weight is 296 g/mol. The summed E-state index contributed by atoms with van der Waals surface area (Å²) in [4.78, 5) is 23.3. The highest BCUT2D eigenvalue weighted by Gasteiger charge is 2.47. The molecular weight excluding hydrogens is 280 g/mol. The van der Waals surface area contributed by atoms with E-state index in [4.69, 9.17) is 14.2 Å². The number of carbonyl (C=O) groups is 2. The maximum atomic E-state index is 11.7. The molecule has 1 aliphatic heterocycles. The Morgan fingerprint density at radius 1 is 1.40 bits per heavy atom. The van der Waals surface area contributed by atoms with E-state index in [2.05, 4.69) is 12.6 Å². The molecule has 0 spiro atoms. The first-order valence-corrected chi connectivity index (χ1v) is 6.63. The first-order chi connectivity index (χ1) is 9.39. The summed E-state index contributed by atoms with van der Waals surface area (Å²) in [5, 5.41) is -0.569. The molecule has 0 radical (unpaired) electrons. The lowest BCUT2D eigenvalue weighted by Crippen LogP contribution is -2.39. The number of hydrogen-bond acceptors (Lipinski definition) is 5. The van der Waals surface area contributed by atoms with Gasteiger partial charge in [0.25, 0.3) is 0 Å². The van der Waals surface area contributed by atoms with Crippen molar-refractivity contribution in [3.63, 3.8) is 0 Å². The molecule has 0 amide bonds. The topological polar surface area (TPSA) is 61.8 Å². The maximum absolute atomic E-state index is 11.7. The Morgan fingerprint density at radius 3 is 2.55 bits per heavy atom. The second-order valence-corrected chi connectivity index (χ2v) is 5.36. The Morgan fingerprint density at radius 2 is 2.05 bits per heavy atom. The van der Waals surface area contributed by atoms with Crippen molar-refractivity contribution in [1.29, 1.82) is 0 Å². The third-order valence-electron chi connectivity index (χ3n) is 2.78. The van der Waals surface area contributed by atoms with Gasteiger partial charge in [0.15, 0.2) is 12.2 Å². The molecule has 6 heteroatoms. The molecule has 0 aromatic heterocycles. The van der Waals surface area contributed by atoms with Gasteiger partial charge in [0.2, 0.25) is 10.9 Å². The lowest BCUT2D eigenvalue weighted by Gasteiger charge is -2.20. The molecule has 2 atom stereocenters. The summed E-state index contributed by atoms with van der Waals surface area (Å²) in [5.74, 6) is -1.67. The Labute approximate surface area is 122 Å². The average Bonchev–Trinajstić information content (AvgIpc) is 2.64. The maximum Gasteiger partial charge on any atom is 0.341 e.